The predicted octanol–water partition coefficient (Wildman–Crippen LogP) is 1.82. The van der Waals surface area contributed by atoms with Crippen LogP contribution in [0.3, 0.4) is 0 Å². The Bertz CT molecular complexity index is 831. The van der Waals surface area contributed by atoms with Crippen molar-refractivity contribution in [2.75, 3.05) is 19.7 Å². The third-order valence-electron chi connectivity index (χ3n) is 7.84. The van der Waals surface area contributed by atoms with Gasteiger partial charge in [0, 0.05) is 31.1 Å². The summed E-state index contributed by atoms with van der Waals surface area (Å²) >= 11 is 0. The van der Waals surface area contributed by atoms with Crippen LogP contribution in [0.15, 0.2) is 24.3 Å². The van der Waals surface area contributed by atoms with E-state index in [-0.39, 0.29) is 29.1 Å². The van der Waals surface area contributed by atoms with Gasteiger partial charge >= 0.3 is 0 Å². The topological polar surface area (TPSA) is 84.7 Å². The van der Waals surface area contributed by atoms with Gasteiger partial charge in [-0.3, -0.25) is 14.5 Å². The summed E-state index contributed by atoms with van der Waals surface area (Å²) in [7, 11) is 0. The Kier molecular flexibility index (Phi) is 5.06. The lowest BCUT2D eigenvalue weighted by atomic mass is 9.47. The summed E-state index contributed by atoms with van der Waals surface area (Å²) in [6, 6.07) is 6.70. The third kappa shape index (κ3) is 3.62. The molecule has 3 N–H and O–H groups in total. The average molecular weight is 416 g/mol. The first-order valence-electron chi connectivity index (χ1n) is 11.1. The first-order chi connectivity index (χ1) is 14.4. The largest absolute Gasteiger partial charge is 0.369 e. The number of benzene rings is 1. The molecule has 0 aromatic heterocycles. The van der Waals surface area contributed by atoms with Crippen molar-refractivity contribution in [2.45, 2.75) is 50.8 Å². The molecule has 4 saturated carbocycles. The standard InChI is InChI=1S/C23H30FN3O3/c24-18-3-1-2-14(8-18)12-27-4-5-30-19(13-27)21(28)26-20-16-6-15-7-17(20)11-23(9-15,10-16)22(25)29/h1-3,8,15-17,19-20H,4-7,9-13H2,(H2,25,29)(H,26,28)/t15?,16?,17?,19-,20?,23?/m1/s1. The van der Waals surface area contributed by atoms with Crippen LogP contribution >= 0.6 is 0 Å². The van der Waals surface area contributed by atoms with Crippen LogP contribution in [0, 0.1) is 29.0 Å². The van der Waals surface area contributed by atoms with Gasteiger partial charge in [-0.25, -0.2) is 4.39 Å². The number of nitrogens with one attached hydrogen (secondary N) is 1. The first-order valence-corrected chi connectivity index (χ1v) is 11.1. The van der Waals surface area contributed by atoms with Crippen LogP contribution in [0.25, 0.3) is 0 Å². The van der Waals surface area contributed by atoms with E-state index in [0.29, 0.717) is 37.5 Å². The van der Waals surface area contributed by atoms with Gasteiger partial charge < -0.3 is 15.8 Å². The minimum Gasteiger partial charge on any atom is -0.369 e. The van der Waals surface area contributed by atoms with Crippen molar-refractivity contribution < 1.29 is 18.7 Å². The zero-order valence-electron chi connectivity index (χ0n) is 17.2. The Balaban J connectivity index is 1.21. The van der Waals surface area contributed by atoms with Crippen molar-refractivity contribution in [3.05, 3.63) is 35.6 Å². The summed E-state index contributed by atoms with van der Waals surface area (Å²) < 4.78 is 19.3. The van der Waals surface area contributed by atoms with Crippen LogP contribution in [0.5, 0.6) is 0 Å². The minimum atomic E-state index is -0.519. The Morgan fingerprint density at radius 2 is 2.00 bits per heavy atom. The molecule has 1 aromatic rings. The molecule has 6 nitrogen and oxygen atoms in total. The van der Waals surface area contributed by atoms with E-state index in [2.05, 4.69) is 10.2 Å². The average Bonchev–Trinajstić information content (AvgIpc) is 2.70. The number of primary amides is 1. The van der Waals surface area contributed by atoms with E-state index < -0.39 is 6.10 Å². The van der Waals surface area contributed by atoms with Gasteiger partial charge in [-0.1, -0.05) is 12.1 Å². The van der Waals surface area contributed by atoms with Crippen molar-refractivity contribution in [1.82, 2.24) is 10.2 Å². The van der Waals surface area contributed by atoms with Crippen LogP contribution in [0.4, 0.5) is 4.39 Å². The lowest BCUT2D eigenvalue weighted by Gasteiger charge is -2.59. The number of hydrogen-bond donors (Lipinski definition) is 2. The first kappa shape index (κ1) is 19.9. The molecule has 2 unspecified atom stereocenters. The lowest BCUT2D eigenvalue weighted by Crippen LogP contribution is -2.63. The fourth-order valence-electron chi connectivity index (χ4n) is 6.72. The van der Waals surface area contributed by atoms with E-state index in [1.807, 2.05) is 6.07 Å². The molecule has 0 spiro atoms. The molecule has 3 atom stereocenters. The van der Waals surface area contributed by atoms with Gasteiger partial charge in [-0.05, 0) is 67.6 Å². The number of carbonyl (C=O) groups is 2. The number of ether oxygens (including phenoxy) is 1. The van der Waals surface area contributed by atoms with E-state index in [1.54, 1.807) is 6.07 Å². The summed E-state index contributed by atoms with van der Waals surface area (Å²) in [6.07, 6.45) is 4.17. The number of morpholine rings is 1. The van der Waals surface area contributed by atoms with Gasteiger partial charge in [-0.15, -0.1) is 0 Å². The second kappa shape index (κ2) is 7.61. The van der Waals surface area contributed by atoms with E-state index in [9.17, 15) is 14.0 Å². The molecule has 7 heteroatoms. The lowest BCUT2D eigenvalue weighted by molar-refractivity contribution is -0.151. The maximum absolute atomic E-state index is 13.5. The summed E-state index contributed by atoms with van der Waals surface area (Å²) in [5.74, 6) is 0.765. The molecule has 6 rings (SSSR count). The molecular formula is C23H30FN3O3. The zero-order valence-corrected chi connectivity index (χ0v) is 17.2. The fourth-order valence-corrected chi connectivity index (χ4v) is 6.72. The molecular weight excluding hydrogens is 385 g/mol. The monoisotopic (exact) mass is 415 g/mol. The molecule has 5 aliphatic rings. The van der Waals surface area contributed by atoms with E-state index >= 15 is 0 Å². The number of amides is 2. The maximum Gasteiger partial charge on any atom is 0.250 e. The molecule has 0 radical (unpaired) electrons. The van der Waals surface area contributed by atoms with Gasteiger partial charge in [0.1, 0.15) is 11.9 Å². The van der Waals surface area contributed by atoms with Crippen molar-refractivity contribution in [3.8, 4) is 0 Å². The third-order valence-corrected chi connectivity index (χ3v) is 7.84. The Morgan fingerprint density at radius 3 is 2.70 bits per heavy atom. The van der Waals surface area contributed by atoms with Gasteiger partial charge in [0.05, 0.1) is 6.61 Å². The second-order valence-electron chi connectivity index (χ2n) is 9.87. The Labute approximate surface area is 176 Å². The quantitative estimate of drug-likeness (QED) is 0.768. The molecule has 4 aliphatic carbocycles. The Hall–Kier alpha value is -1.99. The number of hydrogen-bond acceptors (Lipinski definition) is 4. The number of rotatable bonds is 5. The van der Waals surface area contributed by atoms with Crippen LogP contribution in [-0.2, 0) is 20.9 Å². The highest BCUT2D eigenvalue weighted by atomic mass is 19.1. The van der Waals surface area contributed by atoms with Crippen LogP contribution in [-0.4, -0.2) is 48.6 Å². The number of nitrogens with two attached hydrogens (primary N) is 1. The molecule has 5 fully saturated rings. The maximum atomic E-state index is 13.5. The number of carbonyl (C=O) groups excluding carboxylic acids is 2. The van der Waals surface area contributed by atoms with Gasteiger partial charge in [0.25, 0.3) is 5.91 Å². The minimum absolute atomic E-state index is 0.0652. The highest BCUT2D eigenvalue weighted by Gasteiger charge is 2.58. The van der Waals surface area contributed by atoms with Crippen molar-refractivity contribution in [3.63, 3.8) is 0 Å². The number of halogens is 1. The molecule has 162 valence electrons. The summed E-state index contributed by atoms with van der Waals surface area (Å²) in [5.41, 5.74) is 6.32. The van der Waals surface area contributed by atoms with Gasteiger partial charge in [-0.2, -0.15) is 0 Å². The summed E-state index contributed by atoms with van der Waals surface area (Å²) in [5, 5.41) is 3.28. The van der Waals surface area contributed by atoms with E-state index in [0.717, 1.165) is 44.2 Å². The fraction of sp³-hybridized carbons (Fsp3) is 0.652. The molecule has 30 heavy (non-hydrogen) atoms. The van der Waals surface area contributed by atoms with Crippen molar-refractivity contribution in [1.29, 1.82) is 0 Å². The van der Waals surface area contributed by atoms with Crippen molar-refractivity contribution in [2.24, 2.45) is 28.9 Å². The second-order valence-corrected chi connectivity index (χ2v) is 9.87. The van der Waals surface area contributed by atoms with Crippen LogP contribution < -0.4 is 11.1 Å². The molecule has 1 heterocycles. The normalized spacial score (nSPS) is 37.8. The smallest absolute Gasteiger partial charge is 0.250 e. The molecule has 2 amide bonds. The molecule has 1 aromatic carbocycles. The highest BCUT2D eigenvalue weighted by Crippen LogP contribution is 2.59. The summed E-state index contributed by atoms with van der Waals surface area (Å²) in [6.45, 7) is 2.30. The van der Waals surface area contributed by atoms with Crippen molar-refractivity contribution >= 4 is 11.8 Å². The predicted molar refractivity (Wildman–Crippen MR) is 109 cm³/mol. The summed E-state index contributed by atoms with van der Waals surface area (Å²) in [4.78, 5) is 27.3. The molecule has 4 bridgehead atoms. The van der Waals surface area contributed by atoms with Crippen LogP contribution in [0.2, 0.25) is 0 Å². The molecule has 1 aliphatic heterocycles. The van der Waals surface area contributed by atoms with E-state index in [4.69, 9.17) is 10.5 Å². The highest BCUT2D eigenvalue weighted by molar-refractivity contribution is 5.83. The number of nitrogens with zero attached hydrogens (tertiary/aromatic N) is 1. The van der Waals surface area contributed by atoms with Gasteiger partial charge in [0.2, 0.25) is 5.91 Å². The Morgan fingerprint density at radius 1 is 1.23 bits per heavy atom. The van der Waals surface area contributed by atoms with Gasteiger partial charge in [0.15, 0.2) is 0 Å². The van der Waals surface area contributed by atoms with E-state index in [1.165, 1.54) is 12.1 Å². The zero-order chi connectivity index (χ0) is 20.9. The van der Waals surface area contributed by atoms with Crippen LogP contribution in [0.1, 0.15) is 37.7 Å². The SMILES string of the molecule is NC(=O)C12CC3CC(C1)C(NC(=O)[C@H]1CN(Cc4cccc(F)c4)CCO1)C(C3)C2. The molecule has 1 saturated heterocycles.